The van der Waals surface area contributed by atoms with Crippen molar-refractivity contribution in [3.05, 3.63) is 48.3 Å². The topological polar surface area (TPSA) is 84.2 Å². The van der Waals surface area contributed by atoms with Crippen LogP contribution < -0.4 is 5.32 Å². The Bertz CT molecular complexity index is 593. The number of hydrogen-bond acceptors (Lipinski definition) is 3. The predicted octanol–water partition coefficient (Wildman–Crippen LogP) is 1.47. The van der Waals surface area contributed by atoms with E-state index in [1.807, 2.05) is 30.3 Å². The van der Waals surface area contributed by atoms with Crippen molar-refractivity contribution in [2.75, 3.05) is 6.54 Å². The molecule has 0 aliphatic rings. The van der Waals surface area contributed by atoms with E-state index >= 15 is 0 Å². The molecule has 0 fully saturated rings. The Balaban J connectivity index is 1.92. The Kier molecular flexibility index (Phi) is 4.49. The van der Waals surface area contributed by atoms with Gasteiger partial charge in [-0.2, -0.15) is 5.10 Å². The van der Waals surface area contributed by atoms with Gasteiger partial charge in [-0.3, -0.25) is 9.59 Å². The maximum absolute atomic E-state index is 11.8. The van der Waals surface area contributed by atoms with Gasteiger partial charge in [0.15, 0.2) is 0 Å². The number of amides is 1. The highest BCUT2D eigenvalue weighted by molar-refractivity contribution is 5.93. The number of carbonyl (C=O) groups excluding carboxylic acids is 1. The minimum atomic E-state index is -0.865. The van der Waals surface area contributed by atoms with Gasteiger partial charge < -0.3 is 10.4 Å². The second kappa shape index (κ2) is 6.51. The molecule has 1 heterocycles. The third-order valence-corrected chi connectivity index (χ3v) is 2.72. The number of aliphatic carboxylic acids is 1. The molecule has 0 spiro atoms. The summed E-state index contributed by atoms with van der Waals surface area (Å²) in [6, 6.07) is 9.47. The van der Waals surface area contributed by atoms with Gasteiger partial charge in [0.05, 0.1) is 17.4 Å². The van der Waals surface area contributed by atoms with Gasteiger partial charge in [-0.15, -0.1) is 0 Å². The van der Waals surface area contributed by atoms with E-state index in [4.69, 9.17) is 5.11 Å². The summed E-state index contributed by atoms with van der Waals surface area (Å²) < 4.78 is 1.62. The maximum Gasteiger partial charge on any atom is 0.303 e. The molecule has 1 aromatic carbocycles. The first-order valence-electron chi connectivity index (χ1n) is 6.27. The monoisotopic (exact) mass is 273 g/mol. The van der Waals surface area contributed by atoms with Gasteiger partial charge in [-0.25, -0.2) is 4.68 Å². The number of benzene rings is 1. The van der Waals surface area contributed by atoms with E-state index in [2.05, 4.69) is 10.4 Å². The number of carbonyl (C=O) groups is 2. The predicted molar refractivity (Wildman–Crippen MR) is 72.8 cm³/mol. The lowest BCUT2D eigenvalue weighted by molar-refractivity contribution is -0.137. The van der Waals surface area contributed by atoms with Gasteiger partial charge >= 0.3 is 5.97 Å². The van der Waals surface area contributed by atoms with Crippen LogP contribution in [0.5, 0.6) is 0 Å². The Morgan fingerprint density at radius 3 is 2.70 bits per heavy atom. The van der Waals surface area contributed by atoms with Crippen LogP contribution in [0, 0.1) is 0 Å². The number of nitrogens with one attached hydrogen (secondary N) is 1. The molecule has 2 N–H and O–H groups in total. The van der Waals surface area contributed by atoms with Crippen LogP contribution in [-0.4, -0.2) is 33.3 Å². The standard InChI is InChI=1S/C14H15N3O3/c18-13(19)7-4-8-15-14(20)11-9-16-17(10-11)12-5-2-1-3-6-12/h1-3,5-6,9-10H,4,7-8H2,(H,15,20)(H,18,19). The van der Waals surface area contributed by atoms with Crippen LogP contribution in [0.3, 0.4) is 0 Å². The van der Waals surface area contributed by atoms with E-state index in [9.17, 15) is 9.59 Å². The lowest BCUT2D eigenvalue weighted by atomic mass is 10.3. The molecule has 6 nitrogen and oxygen atoms in total. The SMILES string of the molecule is O=C(O)CCCNC(=O)c1cnn(-c2ccccc2)c1. The highest BCUT2D eigenvalue weighted by Crippen LogP contribution is 2.07. The first-order chi connectivity index (χ1) is 9.66. The van der Waals surface area contributed by atoms with Crippen LogP contribution in [0.1, 0.15) is 23.2 Å². The zero-order valence-electron chi connectivity index (χ0n) is 10.8. The third kappa shape index (κ3) is 3.68. The second-order valence-corrected chi connectivity index (χ2v) is 4.26. The van der Waals surface area contributed by atoms with Gasteiger partial charge in [-0.05, 0) is 18.6 Å². The molecule has 0 unspecified atom stereocenters. The van der Waals surface area contributed by atoms with Gasteiger partial charge in [-0.1, -0.05) is 18.2 Å². The van der Waals surface area contributed by atoms with Crippen molar-refractivity contribution in [3.8, 4) is 5.69 Å². The van der Waals surface area contributed by atoms with Crippen molar-refractivity contribution >= 4 is 11.9 Å². The van der Waals surface area contributed by atoms with Crippen LogP contribution in [0.2, 0.25) is 0 Å². The first-order valence-corrected chi connectivity index (χ1v) is 6.27. The molecule has 0 aliphatic heterocycles. The molecule has 0 atom stereocenters. The fraction of sp³-hybridized carbons (Fsp3) is 0.214. The Hall–Kier alpha value is -2.63. The molecule has 2 aromatic rings. The average Bonchev–Trinajstić information content (AvgIpc) is 2.94. The molecule has 2 rings (SSSR count). The van der Waals surface area contributed by atoms with Gasteiger partial charge in [0, 0.05) is 19.2 Å². The summed E-state index contributed by atoms with van der Waals surface area (Å²) >= 11 is 0. The summed E-state index contributed by atoms with van der Waals surface area (Å²) in [5.41, 5.74) is 1.32. The van der Waals surface area contributed by atoms with Crippen molar-refractivity contribution in [1.29, 1.82) is 0 Å². The number of nitrogens with zero attached hydrogens (tertiary/aromatic N) is 2. The summed E-state index contributed by atoms with van der Waals surface area (Å²) in [5.74, 6) is -1.12. The minimum absolute atomic E-state index is 0.0452. The summed E-state index contributed by atoms with van der Waals surface area (Å²) in [7, 11) is 0. The Labute approximate surface area is 116 Å². The van der Waals surface area contributed by atoms with E-state index in [0.29, 0.717) is 18.5 Å². The van der Waals surface area contributed by atoms with Crippen molar-refractivity contribution < 1.29 is 14.7 Å². The van der Waals surface area contributed by atoms with E-state index in [1.165, 1.54) is 6.20 Å². The molecule has 20 heavy (non-hydrogen) atoms. The Morgan fingerprint density at radius 2 is 2.00 bits per heavy atom. The largest absolute Gasteiger partial charge is 0.481 e. The molecular formula is C14H15N3O3. The molecule has 0 bridgehead atoms. The highest BCUT2D eigenvalue weighted by Gasteiger charge is 2.08. The highest BCUT2D eigenvalue weighted by atomic mass is 16.4. The average molecular weight is 273 g/mol. The smallest absolute Gasteiger partial charge is 0.303 e. The van der Waals surface area contributed by atoms with Crippen LogP contribution in [-0.2, 0) is 4.79 Å². The molecule has 1 aromatic heterocycles. The number of aromatic nitrogens is 2. The molecule has 6 heteroatoms. The van der Waals surface area contributed by atoms with Crippen LogP contribution in [0.4, 0.5) is 0 Å². The van der Waals surface area contributed by atoms with Crippen molar-refractivity contribution in [3.63, 3.8) is 0 Å². The fourth-order valence-electron chi connectivity index (χ4n) is 1.71. The number of hydrogen-bond donors (Lipinski definition) is 2. The van der Waals surface area contributed by atoms with Crippen molar-refractivity contribution in [2.24, 2.45) is 0 Å². The quantitative estimate of drug-likeness (QED) is 0.780. The third-order valence-electron chi connectivity index (χ3n) is 2.72. The summed E-state index contributed by atoms with van der Waals surface area (Å²) in [6.45, 7) is 0.335. The zero-order chi connectivity index (χ0) is 14.4. The number of carboxylic acids is 1. The molecule has 0 saturated heterocycles. The van der Waals surface area contributed by atoms with Gasteiger partial charge in [0.25, 0.3) is 5.91 Å². The summed E-state index contributed by atoms with van der Waals surface area (Å²) in [5, 5.41) is 15.3. The molecule has 104 valence electrons. The number of para-hydroxylation sites is 1. The molecule has 0 aliphatic carbocycles. The fourth-order valence-corrected chi connectivity index (χ4v) is 1.71. The van der Waals surface area contributed by atoms with E-state index in [0.717, 1.165) is 5.69 Å². The van der Waals surface area contributed by atoms with Crippen LogP contribution >= 0.6 is 0 Å². The molecule has 1 amide bonds. The summed E-state index contributed by atoms with van der Waals surface area (Å²) in [4.78, 5) is 22.2. The number of carboxylic acid groups (broad SMARTS) is 1. The van der Waals surface area contributed by atoms with Gasteiger partial charge in [0.2, 0.25) is 0 Å². The van der Waals surface area contributed by atoms with Crippen LogP contribution in [0.25, 0.3) is 5.69 Å². The van der Waals surface area contributed by atoms with Gasteiger partial charge in [0.1, 0.15) is 0 Å². The first kappa shape index (κ1) is 13.8. The van der Waals surface area contributed by atoms with E-state index < -0.39 is 5.97 Å². The van der Waals surface area contributed by atoms with Crippen LogP contribution in [0.15, 0.2) is 42.7 Å². The van der Waals surface area contributed by atoms with Crippen molar-refractivity contribution in [2.45, 2.75) is 12.8 Å². The van der Waals surface area contributed by atoms with E-state index in [1.54, 1.807) is 10.9 Å². The molecule has 0 radical (unpaired) electrons. The number of rotatable bonds is 6. The van der Waals surface area contributed by atoms with E-state index in [-0.39, 0.29) is 12.3 Å². The maximum atomic E-state index is 11.8. The minimum Gasteiger partial charge on any atom is -0.481 e. The lowest BCUT2D eigenvalue weighted by Gasteiger charge is -2.02. The molecular weight excluding hydrogens is 258 g/mol. The van der Waals surface area contributed by atoms with Crippen molar-refractivity contribution in [1.82, 2.24) is 15.1 Å². The Morgan fingerprint density at radius 1 is 1.25 bits per heavy atom. The lowest BCUT2D eigenvalue weighted by Crippen LogP contribution is -2.24. The summed E-state index contributed by atoms with van der Waals surface area (Å²) in [6.07, 6.45) is 3.58. The zero-order valence-corrected chi connectivity index (χ0v) is 10.8. The normalized spacial score (nSPS) is 10.2. The second-order valence-electron chi connectivity index (χ2n) is 4.26. The molecule has 0 saturated carbocycles.